The number of ether oxygens (including phenoxy) is 9. The lowest BCUT2D eigenvalue weighted by atomic mass is 10.0. The van der Waals surface area contributed by atoms with Gasteiger partial charge in [0.05, 0.1) is 118 Å². The Labute approximate surface area is 410 Å². The van der Waals surface area contributed by atoms with Gasteiger partial charge in [0.2, 0.25) is 17.7 Å². The molecule has 7 N–H and O–H groups in total. The number of benzene rings is 1. The monoisotopic (exact) mass is 1070 g/mol. The third-order valence-corrected chi connectivity index (χ3v) is 10.1. The molecule has 386 valence electrons. The molecular formula is C46H80IN5O15. The standard InChI is InChI=1S/C46H80IN5O15/c1-46(2,3)67-45(58)51-19-7-5-10-39(49)43(55)50-20-22-60-24-26-62-28-30-64-32-34-66-36-35-65-33-31-63-29-27-61-25-23-59-21-17-42(54)52(40(44(56)57)11-4-6-18-48)41(53)12-8-9-37-13-15-38(47)16-14-37/h13-16,39-40H,4-12,17-36,48-49H2,1-3H3,(H,50,55)(H,51,58)(H,56,57)/t39-,40-/m0/s1. The van der Waals surface area contributed by atoms with Crippen molar-refractivity contribution in [3.05, 3.63) is 33.4 Å². The van der Waals surface area contributed by atoms with Crippen molar-refractivity contribution in [2.24, 2.45) is 11.5 Å². The summed E-state index contributed by atoms with van der Waals surface area (Å²) in [7, 11) is 0. The topological polar surface area (TPSA) is 268 Å². The summed E-state index contributed by atoms with van der Waals surface area (Å²) in [5.74, 6) is -2.54. The van der Waals surface area contributed by atoms with E-state index in [1.807, 2.05) is 24.3 Å². The van der Waals surface area contributed by atoms with Gasteiger partial charge in [0, 0.05) is 23.1 Å². The second-order valence-corrected chi connectivity index (χ2v) is 17.5. The van der Waals surface area contributed by atoms with Gasteiger partial charge in [0.1, 0.15) is 11.6 Å². The van der Waals surface area contributed by atoms with E-state index >= 15 is 0 Å². The van der Waals surface area contributed by atoms with Crippen LogP contribution in [-0.4, -0.2) is 183 Å². The number of nitrogens with two attached hydrogens (primary N) is 2. The number of aliphatic carboxylic acids is 1. The number of unbranched alkanes of at least 4 members (excludes halogenated alkanes) is 2. The molecule has 1 rings (SSSR count). The Morgan fingerprint density at radius 1 is 0.612 bits per heavy atom. The van der Waals surface area contributed by atoms with E-state index in [1.165, 1.54) is 0 Å². The molecule has 20 nitrogen and oxygen atoms in total. The van der Waals surface area contributed by atoms with Gasteiger partial charge in [-0.3, -0.25) is 19.3 Å². The molecule has 0 aromatic heterocycles. The molecule has 0 bridgehead atoms. The molecule has 0 aliphatic carbocycles. The quantitative estimate of drug-likeness (QED) is 0.0464. The first-order valence-electron chi connectivity index (χ1n) is 23.4. The number of nitrogens with zero attached hydrogens (tertiary/aromatic N) is 1. The van der Waals surface area contributed by atoms with E-state index in [2.05, 4.69) is 33.2 Å². The van der Waals surface area contributed by atoms with Crippen LogP contribution in [-0.2, 0) is 68.2 Å². The molecule has 0 spiro atoms. The van der Waals surface area contributed by atoms with Gasteiger partial charge in [-0.25, -0.2) is 9.59 Å². The highest BCUT2D eigenvalue weighted by atomic mass is 127. The van der Waals surface area contributed by atoms with Crippen LogP contribution >= 0.6 is 22.6 Å². The highest BCUT2D eigenvalue weighted by molar-refractivity contribution is 14.1. The van der Waals surface area contributed by atoms with Crippen molar-refractivity contribution >= 4 is 52.4 Å². The van der Waals surface area contributed by atoms with Crippen LogP contribution in [0.4, 0.5) is 4.79 Å². The number of nitrogens with one attached hydrogen (secondary N) is 2. The molecule has 0 saturated heterocycles. The number of carboxylic acid groups (broad SMARTS) is 1. The van der Waals surface area contributed by atoms with Crippen molar-refractivity contribution in [2.75, 3.05) is 125 Å². The fourth-order valence-corrected chi connectivity index (χ4v) is 6.33. The normalized spacial score (nSPS) is 12.4. The zero-order valence-electron chi connectivity index (χ0n) is 40.1. The Morgan fingerprint density at radius 2 is 1.07 bits per heavy atom. The lowest BCUT2D eigenvalue weighted by Gasteiger charge is -2.27. The number of carboxylic acids is 1. The maximum atomic E-state index is 13.2. The van der Waals surface area contributed by atoms with Crippen LogP contribution in [0.25, 0.3) is 0 Å². The predicted octanol–water partition coefficient (Wildman–Crippen LogP) is 3.21. The minimum absolute atomic E-state index is 0.0216. The predicted molar refractivity (Wildman–Crippen MR) is 259 cm³/mol. The summed E-state index contributed by atoms with van der Waals surface area (Å²) in [6, 6.07) is 6.08. The number of rotatable bonds is 43. The van der Waals surface area contributed by atoms with Gasteiger partial charge in [-0.1, -0.05) is 12.1 Å². The fourth-order valence-electron chi connectivity index (χ4n) is 5.97. The van der Waals surface area contributed by atoms with E-state index in [1.54, 1.807) is 20.8 Å². The van der Waals surface area contributed by atoms with Gasteiger partial charge in [0.25, 0.3) is 0 Å². The van der Waals surface area contributed by atoms with Crippen molar-refractivity contribution < 1.29 is 71.7 Å². The van der Waals surface area contributed by atoms with Gasteiger partial charge in [-0.05, 0) is 119 Å². The highest BCUT2D eigenvalue weighted by Gasteiger charge is 2.33. The lowest BCUT2D eigenvalue weighted by Crippen LogP contribution is -2.49. The van der Waals surface area contributed by atoms with Gasteiger partial charge in [-0.2, -0.15) is 0 Å². The lowest BCUT2D eigenvalue weighted by molar-refractivity contribution is -0.159. The number of amides is 4. The fraction of sp³-hybridized carbons (Fsp3) is 0.761. The van der Waals surface area contributed by atoms with Crippen LogP contribution in [0.1, 0.15) is 84.1 Å². The molecule has 0 heterocycles. The number of alkyl carbamates (subject to hydrolysis) is 1. The number of hydrogen-bond acceptors (Lipinski definition) is 16. The third kappa shape index (κ3) is 35.6. The largest absolute Gasteiger partial charge is 0.480 e. The summed E-state index contributed by atoms with van der Waals surface area (Å²) < 4.78 is 50.3. The molecule has 4 amide bonds. The molecule has 0 radical (unpaired) electrons. The van der Waals surface area contributed by atoms with E-state index in [0.29, 0.717) is 150 Å². The minimum Gasteiger partial charge on any atom is -0.480 e. The first-order valence-corrected chi connectivity index (χ1v) is 24.5. The van der Waals surface area contributed by atoms with Crippen molar-refractivity contribution in [1.82, 2.24) is 15.5 Å². The molecule has 2 atom stereocenters. The number of imide groups is 1. The summed E-state index contributed by atoms with van der Waals surface area (Å²) in [5.41, 5.74) is 12.1. The molecule has 1 aromatic rings. The second kappa shape index (κ2) is 40.8. The van der Waals surface area contributed by atoms with Crippen molar-refractivity contribution in [1.29, 1.82) is 0 Å². The third-order valence-electron chi connectivity index (χ3n) is 9.39. The summed E-state index contributed by atoms with van der Waals surface area (Å²) in [6.07, 6.45) is 3.70. The Kier molecular flexibility index (Phi) is 37.7. The molecule has 0 aliphatic heterocycles. The SMILES string of the molecule is CC(C)(C)OC(=O)NCCCC[C@H](N)C(=O)NCCOCCOCCOCCOCCOCCOCCOCCOCCC(=O)N(C(=O)CCCc1ccc(I)cc1)[C@@H](CCCCN)C(=O)O. The van der Waals surface area contributed by atoms with Crippen molar-refractivity contribution in [2.45, 2.75) is 103 Å². The highest BCUT2D eigenvalue weighted by Crippen LogP contribution is 2.16. The Morgan fingerprint density at radius 3 is 1.55 bits per heavy atom. The Bertz CT molecular complexity index is 1460. The van der Waals surface area contributed by atoms with Crippen LogP contribution in [0.3, 0.4) is 0 Å². The maximum absolute atomic E-state index is 13.2. The molecule has 21 heteroatoms. The smallest absolute Gasteiger partial charge is 0.407 e. The van der Waals surface area contributed by atoms with Crippen LogP contribution < -0.4 is 22.1 Å². The number of aryl methyl sites for hydroxylation is 1. The van der Waals surface area contributed by atoms with E-state index < -0.39 is 41.6 Å². The van der Waals surface area contributed by atoms with E-state index in [9.17, 15) is 29.1 Å². The number of carbonyl (C=O) groups is 5. The van der Waals surface area contributed by atoms with Crippen molar-refractivity contribution in [3.8, 4) is 0 Å². The van der Waals surface area contributed by atoms with E-state index in [0.717, 1.165) is 14.0 Å². The number of hydrogen-bond donors (Lipinski definition) is 5. The average molecular weight is 1070 g/mol. The van der Waals surface area contributed by atoms with E-state index in [4.69, 9.17) is 54.1 Å². The molecule has 1 aromatic carbocycles. The summed E-state index contributed by atoms with van der Waals surface area (Å²) in [5, 5.41) is 15.4. The van der Waals surface area contributed by atoms with Crippen LogP contribution in [0.15, 0.2) is 24.3 Å². The van der Waals surface area contributed by atoms with Crippen LogP contribution in [0.2, 0.25) is 0 Å². The molecular weight excluding hydrogens is 989 g/mol. The molecule has 67 heavy (non-hydrogen) atoms. The van der Waals surface area contributed by atoms with Crippen LogP contribution in [0.5, 0.6) is 0 Å². The van der Waals surface area contributed by atoms with Gasteiger partial charge >= 0.3 is 12.1 Å². The number of carbonyl (C=O) groups excluding carboxylic acids is 4. The first kappa shape index (κ1) is 61.9. The second-order valence-electron chi connectivity index (χ2n) is 16.2. The minimum atomic E-state index is -1.25. The summed E-state index contributed by atoms with van der Waals surface area (Å²) >= 11 is 2.22. The molecule has 0 fully saturated rings. The zero-order valence-corrected chi connectivity index (χ0v) is 42.3. The van der Waals surface area contributed by atoms with Gasteiger partial charge in [0.15, 0.2) is 0 Å². The maximum Gasteiger partial charge on any atom is 0.407 e. The van der Waals surface area contributed by atoms with Gasteiger partial charge < -0.3 is 69.8 Å². The number of halogens is 1. The Hall–Kier alpha value is -3.10. The van der Waals surface area contributed by atoms with Crippen LogP contribution in [0, 0.1) is 3.57 Å². The summed E-state index contributed by atoms with van der Waals surface area (Å²) in [4.78, 5) is 63.2. The molecule has 0 saturated carbocycles. The van der Waals surface area contributed by atoms with Gasteiger partial charge in [-0.15, -0.1) is 0 Å². The molecule has 0 aliphatic rings. The van der Waals surface area contributed by atoms with Crippen molar-refractivity contribution in [3.63, 3.8) is 0 Å². The van der Waals surface area contributed by atoms with E-state index in [-0.39, 0.29) is 45.0 Å². The average Bonchev–Trinajstić information content (AvgIpc) is 3.28. The Balaban J connectivity index is 1.96. The molecule has 0 unspecified atom stereocenters. The first-order chi connectivity index (χ1) is 32.2. The zero-order chi connectivity index (χ0) is 49.4. The summed E-state index contributed by atoms with van der Waals surface area (Å²) in [6.45, 7) is 12.3.